The maximum Gasteiger partial charge on any atom is 0.410 e. The molecular weight excluding hydrogens is 909 g/mol. The van der Waals surface area contributed by atoms with E-state index in [2.05, 4.69) is 101 Å². The molecule has 15 heteroatoms. The number of cyclic esters (lactones) is 1. The van der Waals surface area contributed by atoms with Crippen LogP contribution >= 0.6 is 0 Å². The Morgan fingerprint density at radius 1 is 0.897 bits per heavy atom. The van der Waals surface area contributed by atoms with Crippen LogP contribution in [0.5, 0.6) is 0 Å². The van der Waals surface area contributed by atoms with Gasteiger partial charge in [-0.3, -0.25) is 9.59 Å². The van der Waals surface area contributed by atoms with Crippen molar-refractivity contribution in [1.82, 2.24) is 10.2 Å². The summed E-state index contributed by atoms with van der Waals surface area (Å²) in [5.74, 6) is -0.875. The number of nitrogens with zero attached hydrogens (tertiary/aromatic N) is 1. The Labute approximate surface area is 417 Å². The van der Waals surface area contributed by atoms with Crippen molar-refractivity contribution in [3.05, 3.63) is 36.0 Å². The summed E-state index contributed by atoms with van der Waals surface area (Å²) in [5, 5.41) is 3.29. The molecule has 0 radical (unpaired) electrons. The zero-order valence-electron chi connectivity index (χ0n) is 45.8. The lowest BCUT2D eigenvalue weighted by molar-refractivity contribution is -0.168. The van der Waals surface area contributed by atoms with Gasteiger partial charge in [0.2, 0.25) is 0 Å². The number of amides is 1. The average Bonchev–Trinajstić information content (AvgIpc) is 4.10. The van der Waals surface area contributed by atoms with Gasteiger partial charge in [-0.25, -0.2) is 4.79 Å². The summed E-state index contributed by atoms with van der Waals surface area (Å²) in [5.41, 5.74) is -0.957. The molecule has 0 spiro atoms. The molecule has 0 bridgehead atoms. The zero-order chi connectivity index (χ0) is 50.9. The molecule has 3 rings (SSSR count). The molecular formula is C53H98N2O10Si3. The van der Waals surface area contributed by atoms with E-state index < -0.39 is 66.5 Å². The van der Waals surface area contributed by atoms with Crippen LogP contribution in [0.2, 0.25) is 54.4 Å². The van der Waals surface area contributed by atoms with Crippen LogP contribution in [-0.4, -0.2) is 122 Å². The maximum absolute atomic E-state index is 14.2. The molecule has 0 aromatic heterocycles. The van der Waals surface area contributed by atoms with Gasteiger partial charge in [0.1, 0.15) is 11.7 Å². The highest BCUT2D eigenvalue weighted by Crippen LogP contribution is 2.43. The Hall–Kier alpha value is -2.12. The van der Waals surface area contributed by atoms with Crippen LogP contribution in [-0.2, 0) is 41.8 Å². The van der Waals surface area contributed by atoms with E-state index >= 15 is 0 Å². The molecule has 3 aliphatic rings. The number of carbonyl (C=O) groups is 3. The second kappa shape index (κ2) is 27.6. The number of rotatable bonds is 25. The summed E-state index contributed by atoms with van der Waals surface area (Å²) in [7, 11) is -6.05. The van der Waals surface area contributed by atoms with Gasteiger partial charge in [0, 0.05) is 57.5 Å². The molecule has 2 fully saturated rings. The number of esters is 2. The number of nitrogens with one attached hydrogen (secondary N) is 1. The molecule has 2 saturated heterocycles. The fraction of sp³-hybridized carbons (Fsp3) is 0.830. The summed E-state index contributed by atoms with van der Waals surface area (Å²) < 4.78 is 46.9. The minimum Gasteiger partial charge on any atom is -0.457 e. The third kappa shape index (κ3) is 16.7. The Morgan fingerprint density at radius 2 is 1.47 bits per heavy atom. The van der Waals surface area contributed by atoms with Crippen LogP contribution in [0, 0.1) is 11.8 Å². The smallest absolute Gasteiger partial charge is 0.410 e. The van der Waals surface area contributed by atoms with Crippen LogP contribution in [0.25, 0.3) is 0 Å². The van der Waals surface area contributed by atoms with Crippen molar-refractivity contribution in [2.45, 2.75) is 245 Å². The molecule has 0 aliphatic carbocycles. The largest absolute Gasteiger partial charge is 0.457 e. The highest BCUT2D eigenvalue weighted by atomic mass is 28.4. The molecule has 0 saturated carbocycles. The lowest BCUT2D eigenvalue weighted by Gasteiger charge is -2.39. The van der Waals surface area contributed by atoms with Crippen molar-refractivity contribution in [1.29, 1.82) is 0 Å². The fourth-order valence-corrected chi connectivity index (χ4v) is 19.7. The van der Waals surface area contributed by atoms with E-state index in [9.17, 15) is 14.4 Å². The topological polar surface area (TPSA) is 134 Å². The minimum atomic E-state index is -2.19. The molecule has 0 aromatic carbocycles. The fourth-order valence-electron chi connectivity index (χ4n) is 10.7. The quantitative estimate of drug-likeness (QED) is 0.0234. The molecule has 0 aromatic rings. The Kier molecular flexibility index (Phi) is 24.5. The second-order valence-corrected chi connectivity index (χ2v) is 34.9. The van der Waals surface area contributed by atoms with Gasteiger partial charge in [-0.05, 0) is 106 Å². The molecule has 10 atom stereocenters. The standard InChI is InChI=1S/C53H98N2O10Si3/c1-17-45(64-67(21-5,22-6)23-7)42(13)50-46(59-50)39-52(15,65-68(24-8,25-9)26-10)32-27-28-40(11)49-41(12)29-30-47(60-51(58)55-36-34-54-35-37-55)53(16,62-43(14)56)33-31-44(38-48(57)61-49)63-66(18-2,19-3)20-4/h27-30,32,41-42,44-47,49-50,54H,17-26,31,33-39H2,1-16H3/b30-29+,32-27+,40-28+/t41-,42+,44+,45-,46+,47-,49+,50+,52?,53+/m0/s1. The van der Waals surface area contributed by atoms with Crippen molar-refractivity contribution in [2.75, 3.05) is 26.2 Å². The summed E-state index contributed by atoms with van der Waals surface area (Å²) >= 11 is 0. The first-order valence-electron chi connectivity index (χ1n) is 27.0. The highest BCUT2D eigenvalue weighted by Gasteiger charge is 2.51. The van der Waals surface area contributed by atoms with Gasteiger partial charge in [-0.15, -0.1) is 0 Å². The molecule has 68 heavy (non-hydrogen) atoms. The molecule has 1 amide bonds. The number of piperazine rings is 1. The Bertz CT molecular complexity index is 1640. The lowest BCUT2D eigenvalue weighted by Crippen LogP contribution is -2.51. The average molecular weight is 1010 g/mol. The zero-order valence-corrected chi connectivity index (χ0v) is 48.8. The first-order chi connectivity index (χ1) is 32.2. The van der Waals surface area contributed by atoms with Crippen LogP contribution in [0.15, 0.2) is 36.0 Å². The van der Waals surface area contributed by atoms with Gasteiger partial charge < -0.3 is 42.4 Å². The monoisotopic (exact) mass is 1010 g/mol. The number of hydrogen-bond donors (Lipinski definition) is 1. The van der Waals surface area contributed by atoms with Gasteiger partial charge in [0.15, 0.2) is 31.1 Å². The Morgan fingerprint density at radius 3 is 2.00 bits per heavy atom. The van der Waals surface area contributed by atoms with Gasteiger partial charge in [0.05, 0.1) is 30.3 Å². The van der Waals surface area contributed by atoms with E-state index in [1.807, 2.05) is 39.0 Å². The molecule has 12 nitrogen and oxygen atoms in total. The van der Waals surface area contributed by atoms with Crippen molar-refractivity contribution in [3.8, 4) is 0 Å². The number of carbonyl (C=O) groups excluding carboxylic acids is 3. The minimum absolute atomic E-state index is 0.0548. The SMILES string of the molecule is CC[C@H](O[Si](CC)(CC)CC)[C@@H](C)[C@H]1O[C@@H]1CC(C)(/C=C/C=C(\C)[C@H]1OC(=O)C[C@H](O[Si](CC)(CC)CC)CC[C@@](C)(OC(C)=O)[C@@H](OC(=O)N2CCNCC2)/C=C/[C@@H]1C)O[Si](CC)(CC)CC. The van der Waals surface area contributed by atoms with E-state index in [0.717, 1.165) is 72.8 Å². The normalized spacial score (nSPS) is 28.1. The first kappa shape index (κ1) is 60.2. The van der Waals surface area contributed by atoms with Crippen molar-refractivity contribution < 1.29 is 46.6 Å². The van der Waals surface area contributed by atoms with E-state index in [1.165, 1.54) is 6.92 Å². The van der Waals surface area contributed by atoms with Gasteiger partial charge >= 0.3 is 18.0 Å². The van der Waals surface area contributed by atoms with Gasteiger partial charge in [-0.2, -0.15) is 0 Å². The highest BCUT2D eigenvalue weighted by molar-refractivity contribution is 6.74. The summed E-state index contributed by atoms with van der Waals surface area (Å²) in [6.07, 6.45) is 10.4. The number of allylic oxidation sites excluding steroid dienone is 2. The van der Waals surface area contributed by atoms with Crippen LogP contribution in [0.1, 0.15) is 143 Å². The predicted molar refractivity (Wildman–Crippen MR) is 283 cm³/mol. The summed E-state index contributed by atoms with van der Waals surface area (Å²) in [6.45, 7) is 36.5. The number of hydrogen-bond acceptors (Lipinski definition) is 11. The molecule has 3 heterocycles. The summed E-state index contributed by atoms with van der Waals surface area (Å²) in [4.78, 5) is 42.4. The van der Waals surface area contributed by atoms with E-state index in [4.69, 9.17) is 32.2 Å². The molecule has 392 valence electrons. The van der Waals surface area contributed by atoms with E-state index in [1.54, 1.807) is 4.90 Å². The van der Waals surface area contributed by atoms with Crippen LogP contribution in [0.4, 0.5) is 4.79 Å². The predicted octanol–water partition coefficient (Wildman–Crippen LogP) is 12.3. The molecule has 1 N–H and O–H groups in total. The van der Waals surface area contributed by atoms with E-state index in [-0.39, 0.29) is 42.5 Å². The molecule has 1 unspecified atom stereocenters. The van der Waals surface area contributed by atoms with Crippen molar-refractivity contribution >= 4 is 43.0 Å². The number of epoxide rings is 1. The van der Waals surface area contributed by atoms with Crippen LogP contribution < -0.4 is 5.32 Å². The van der Waals surface area contributed by atoms with Crippen molar-refractivity contribution in [3.63, 3.8) is 0 Å². The third-order valence-electron chi connectivity index (χ3n) is 16.3. The lowest BCUT2D eigenvalue weighted by atomic mass is 9.88. The molecule has 3 aliphatic heterocycles. The second-order valence-electron chi connectivity index (χ2n) is 20.8. The maximum atomic E-state index is 14.2. The first-order valence-corrected chi connectivity index (χ1v) is 34.6. The van der Waals surface area contributed by atoms with Crippen LogP contribution in [0.3, 0.4) is 0 Å². The Balaban J connectivity index is 2.07. The van der Waals surface area contributed by atoms with E-state index in [0.29, 0.717) is 39.0 Å². The van der Waals surface area contributed by atoms with Gasteiger partial charge in [0.25, 0.3) is 0 Å². The number of ether oxygens (including phenoxy) is 4. The summed E-state index contributed by atoms with van der Waals surface area (Å²) in [6, 6.07) is 9.21. The van der Waals surface area contributed by atoms with Crippen molar-refractivity contribution in [2.24, 2.45) is 11.8 Å². The van der Waals surface area contributed by atoms with Gasteiger partial charge in [-0.1, -0.05) is 107 Å². The third-order valence-corrected chi connectivity index (χ3v) is 30.5.